The Kier molecular flexibility index (Phi) is 5.68. The largest absolute Gasteiger partial charge is 0.304 e. The molecule has 0 radical (unpaired) electrons. The minimum absolute atomic E-state index is 0.256. The molecule has 8 heteroatoms. The predicted octanol–water partition coefficient (Wildman–Crippen LogP) is 4.19. The highest BCUT2D eigenvalue weighted by molar-refractivity contribution is 6.47. The molecule has 1 amide bonds. The Balaban J connectivity index is 1.68. The van der Waals surface area contributed by atoms with Gasteiger partial charge in [0, 0.05) is 17.7 Å². The van der Waals surface area contributed by atoms with Crippen LogP contribution in [0.3, 0.4) is 0 Å². The van der Waals surface area contributed by atoms with Gasteiger partial charge in [0.2, 0.25) is 0 Å². The van der Waals surface area contributed by atoms with Crippen LogP contribution in [0.15, 0.2) is 60.8 Å². The van der Waals surface area contributed by atoms with Crippen molar-refractivity contribution in [3.05, 3.63) is 83.4 Å². The van der Waals surface area contributed by atoms with Crippen molar-refractivity contribution >= 4 is 17.5 Å². The molecule has 0 bridgehead atoms. The van der Waals surface area contributed by atoms with Gasteiger partial charge in [-0.25, -0.2) is 9.67 Å². The third-order valence-corrected chi connectivity index (χ3v) is 5.31. The third-order valence-electron chi connectivity index (χ3n) is 5.31. The third kappa shape index (κ3) is 4.32. The monoisotopic (exact) mass is 442 g/mol. The molecule has 1 N–H and O–H groups in total. The number of rotatable bonds is 5. The maximum Gasteiger partial charge on any atom is 0.298 e. The van der Waals surface area contributed by atoms with Crippen LogP contribution in [-0.2, 0) is 10.2 Å². The smallest absolute Gasteiger partial charge is 0.298 e. The summed E-state index contributed by atoms with van der Waals surface area (Å²) in [5, 5.41) is 11.8. The molecule has 3 heterocycles. The Morgan fingerprint density at radius 1 is 0.909 bits per heavy atom. The van der Waals surface area contributed by atoms with Crippen molar-refractivity contribution in [1.29, 1.82) is 0 Å². The zero-order chi connectivity index (χ0) is 23.8. The van der Waals surface area contributed by atoms with Gasteiger partial charge in [-0.3, -0.25) is 9.59 Å². The molecule has 0 aliphatic rings. The van der Waals surface area contributed by atoms with E-state index in [1.807, 2.05) is 57.2 Å². The minimum atomic E-state index is -0.758. The maximum atomic E-state index is 13.2. The van der Waals surface area contributed by atoms with Crippen LogP contribution in [-0.4, -0.2) is 36.2 Å². The maximum absolute atomic E-state index is 13.2. The van der Waals surface area contributed by atoms with Crippen LogP contribution in [0.5, 0.6) is 0 Å². The van der Waals surface area contributed by atoms with Crippen molar-refractivity contribution in [2.24, 2.45) is 0 Å². The Bertz CT molecular complexity index is 1310. The average Bonchev–Trinajstić information content (AvgIpc) is 3.35. The van der Waals surface area contributed by atoms with E-state index < -0.39 is 11.7 Å². The lowest BCUT2D eigenvalue weighted by Gasteiger charge is -2.13. The van der Waals surface area contributed by atoms with E-state index in [1.54, 1.807) is 47.6 Å². The average molecular weight is 443 g/mol. The standard InChI is InChI=1S/C25H26N6O2/c1-16-22(17(2)30(28-16)18-11-7-6-8-12-18)23(32)24(33)27-21-15-19(25(3,4)5)29-31(21)20-13-9-10-14-26-20/h6-15H,1-5H3,(H,27,33). The van der Waals surface area contributed by atoms with E-state index in [1.165, 1.54) is 0 Å². The Morgan fingerprint density at radius 2 is 1.61 bits per heavy atom. The molecule has 168 valence electrons. The summed E-state index contributed by atoms with van der Waals surface area (Å²) < 4.78 is 3.21. The molecule has 0 saturated heterocycles. The van der Waals surface area contributed by atoms with Crippen molar-refractivity contribution in [1.82, 2.24) is 24.5 Å². The number of carbonyl (C=O) groups excluding carboxylic acids is 2. The summed E-state index contributed by atoms with van der Waals surface area (Å²) in [5.41, 5.74) is 2.71. The molecule has 4 rings (SSSR count). The first-order valence-electron chi connectivity index (χ1n) is 10.7. The quantitative estimate of drug-likeness (QED) is 0.369. The second kappa shape index (κ2) is 8.46. The van der Waals surface area contributed by atoms with Gasteiger partial charge in [0.25, 0.3) is 11.7 Å². The number of benzene rings is 1. The van der Waals surface area contributed by atoms with E-state index in [0.717, 1.165) is 11.4 Å². The van der Waals surface area contributed by atoms with Gasteiger partial charge in [0.1, 0.15) is 5.82 Å². The summed E-state index contributed by atoms with van der Waals surface area (Å²) in [5.74, 6) is -0.493. The number of pyridine rings is 1. The number of Topliss-reactive ketones (excluding diaryl/α,β-unsaturated/α-hetero) is 1. The fourth-order valence-electron chi connectivity index (χ4n) is 3.57. The van der Waals surface area contributed by atoms with Gasteiger partial charge in [-0.1, -0.05) is 45.0 Å². The first kappa shape index (κ1) is 22.1. The molecular formula is C25H26N6O2. The minimum Gasteiger partial charge on any atom is -0.304 e. The first-order chi connectivity index (χ1) is 15.7. The Hall–Kier alpha value is -4.07. The predicted molar refractivity (Wildman–Crippen MR) is 126 cm³/mol. The summed E-state index contributed by atoms with van der Waals surface area (Å²) in [6.45, 7) is 9.59. The van der Waals surface area contributed by atoms with E-state index >= 15 is 0 Å². The molecule has 3 aromatic heterocycles. The van der Waals surface area contributed by atoms with Crippen LogP contribution in [0.4, 0.5) is 5.82 Å². The van der Waals surface area contributed by atoms with Gasteiger partial charge in [0.05, 0.1) is 28.3 Å². The molecular weight excluding hydrogens is 416 g/mol. The number of aryl methyl sites for hydroxylation is 1. The molecule has 8 nitrogen and oxygen atoms in total. The molecule has 4 aromatic rings. The van der Waals surface area contributed by atoms with Crippen molar-refractivity contribution < 1.29 is 9.59 Å². The fourth-order valence-corrected chi connectivity index (χ4v) is 3.57. The van der Waals surface area contributed by atoms with Gasteiger partial charge in [0.15, 0.2) is 5.82 Å². The van der Waals surface area contributed by atoms with Gasteiger partial charge in [-0.05, 0) is 38.1 Å². The molecule has 0 aliphatic carbocycles. The number of aromatic nitrogens is 5. The number of amides is 1. The number of ketones is 1. The summed E-state index contributed by atoms with van der Waals surface area (Å²) in [6, 6.07) is 16.7. The van der Waals surface area contributed by atoms with Gasteiger partial charge in [-0.2, -0.15) is 14.9 Å². The Morgan fingerprint density at radius 3 is 2.24 bits per heavy atom. The zero-order valence-corrected chi connectivity index (χ0v) is 19.3. The lowest BCUT2D eigenvalue weighted by Crippen LogP contribution is -2.25. The van der Waals surface area contributed by atoms with E-state index in [2.05, 4.69) is 20.5 Å². The molecule has 0 fully saturated rings. The molecule has 0 spiro atoms. The van der Waals surface area contributed by atoms with Gasteiger partial charge < -0.3 is 5.32 Å². The highest BCUT2D eigenvalue weighted by Crippen LogP contribution is 2.26. The summed E-state index contributed by atoms with van der Waals surface area (Å²) in [4.78, 5) is 30.6. The number of hydrogen-bond acceptors (Lipinski definition) is 5. The number of carbonyl (C=O) groups is 2. The number of para-hydroxylation sites is 1. The molecule has 1 aromatic carbocycles. The highest BCUT2D eigenvalue weighted by atomic mass is 16.2. The molecule has 33 heavy (non-hydrogen) atoms. The topological polar surface area (TPSA) is 94.7 Å². The molecule has 0 atom stereocenters. The second-order valence-electron chi connectivity index (χ2n) is 8.84. The first-order valence-corrected chi connectivity index (χ1v) is 10.7. The van der Waals surface area contributed by atoms with Crippen LogP contribution in [0.25, 0.3) is 11.5 Å². The molecule has 0 unspecified atom stereocenters. The normalized spacial score (nSPS) is 11.4. The van der Waals surface area contributed by atoms with Crippen molar-refractivity contribution in [3.63, 3.8) is 0 Å². The number of hydrogen-bond donors (Lipinski definition) is 1. The summed E-state index contributed by atoms with van der Waals surface area (Å²) in [6.07, 6.45) is 1.65. The number of nitrogens with one attached hydrogen (secondary N) is 1. The van der Waals surface area contributed by atoms with Crippen molar-refractivity contribution in [2.45, 2.75) is 40.0 Å². The number of anilines is 1. The highest BCUT2D eigenvalue weighted by Gasteiger charge is 2.27. The number of nitrogens with zero attached hydrogens (tertiary/aromatic N) is 5. The lowest BCUT2D eigenvalue weighted by molar-refractivity contribution is -0.112. The van der Waals surface area contributed by atoms with E-state index in [4.69, 9.17) is 0 Å². The van der Waals surface area contributed by atoms with Gasteiger partial charge in [-0.15, -0.1) is 0 Å². The SMILES string of the molecule is Cc1nn(-c2ccccc2)c(C)c1C(=O)C(=O)Nc1cc(C(C)(C)C)nn1-c1ccccn1. The van der Waals surface area contributed by atoms with Crippen molar-refractivity contribution in [3.8, 4) is 11.5 Å². The van der Waals surface area contributed by atoms with Crippen molar-refractivity contribution in [2.75, 3.05) is 5.32 Å². The second-order valence-corrected chi connectivity index (χ2v) is 8.84. The van der Waals surface area contributed by atoms with Crippen LogP contribution in [0.2, 0.25) is 0 Å². The summed E-state index contributed by atoms with van der Waals surface area (Å²) >= 11 is 0. The molecule has 0 saturated carbocycles. The Labute approximate surface area is 192 Å². The van der Waals surface area contributed by atoms with Gasteiger partial charge >= 0.3 is 0 Å². The molecule has 0 aliphatic heterocycles. The van der Waals surface area contributed by atoms with Crippen LogP contribution >= 0.6 is 0 Å². The van der Waals surface area contributed by atoms with E-state index in [-0.39, 0.29) is 11.0 Å². The lowest BCUT2D eigenvalue weighted by atomic mass is 9.92. The van der Waals surface area contributed by atoms with E-state index in [9.17, 15) is 9.59 Å². The van der Waals surface area contributed by atoms with E-state index in [0.29, 0.717) is 23.0 Å². The fraction of sp³-hybridized carbons (Fsp3) is 0.240. The van der Waals surface area contributed by atoms with Crippen LogP contribution in [0.1, 0.15) is 48.2 Å². The zero-order valence-electron chi connectivity index (χ0n) is 19.3. The summed E-state index contributed by atoms with van der Waals surface area (Å²) in [7, 11) is 0. The van der Waals surface area contributed by atoms with Crippen LogP contribution < -0.4 is 5.32 Å². The van der Waals surface area contributed by atoms with Crippen LogP contribution in [0, 0.1) is 13.8 Å².